The Morgan fingerprint density at radius 1 is 1.58 bits per heavy atom. The van der Waals surface area contributed by atoms with E-state index in [-0.39, 0.29) is 10.6 Å². The quantitative estimate of drug-likeness (QED) is 0.735. The van der Waals surface area contributed by atoms with E-state index >= 15 is 0 Å². The fourth-order valence-electron chi connectivity index (χ4n) is 0.811. The summed E-state index contributed by atoms with van der Waals surface area (Å²) in [4.78, 5) is 10.4. The van der Waals surface area contributed by atoms with Crippen LogP contribution in [0.5, 0.6) is 0 Å². The van der Waals surface area contributed by atoms with Crippen molar-refractivity contribution in [2.75, 3.05) is 0 Å². The number of carboxylic acids is 1. The number of benzene rings is 1. The summed E-state index contributed by atoms with van der Waals surface area (Å²) in [5.74, 6) is -1.89. The highest BCUT2D eigenvalue weighted by atomic mass is 35.5. The van der Waals surface area contributed by atoms with Crippen LogP contribution in [0.15, 0.2) is 12.1 Å². The van der Waals surface area contributed by atoms with Crippen molar-refractivity contribution in [1.82, 2.24) is 0 Å². The van der Waals surface area contributed by atoms with Gasteiger partial charge in [0, 0.05) is 0 Å². The van der Waals surface area contributed by atoms with E-state index in [9.17, 15) is 9.18 Å². The number of halogens is 2. The Morgan fingerprint density at radius 2 is 2.17 bits per heavy atom. The van der Waals surface area contributed by atoms with Crippen LogP contribution in [0.4, 0.5) is 4.39 Å². The number of hydrogen-bond acceptors (Lipinski definition) is 1. The standard InChI is InChI=1S/C8H6ClFO2/c1-4-2-3-5(8(11)12)6(9)7(4)10/h2-3H,1H3,(H,11,12). The summed E-state index contributed by atoms with van der Waals surface area (Å²) in [6.45, 7) is 1.52. The first-order valence-electron chi connectivity index (χ1n) is 3.22. The van der Waals surface area contributed by atoms with E-state index in [0.29, 0.717) is 5.56 Å². The van der Waals surface area contributed by atoms with Crippen molar-refractivity contribution in [2.24, 2.45) is 0 Å². The minimum Gasteiger partial charge on any atom is -0.478 e. The molecule has 1 N–H and O–H groups in total. The third kappa shape index (κ3) is 1.41. The molecule has 64 valence electrons. The van der Waals surface area contributed by atoms with Crippen LogP contribution in [0.1, 0.15) is 15.9 Å². The van der Waals surface area contributed by atoms with Gasteiger partial charge in [-0.3, -0.25) is 0 Å². The van der Waals surface area contributed by atoms with E-state index in [4.69, 9.17) is 16.7 Å². The lowest BCUT2D eigenvalue weighted by molar-refractivity contribution is 0.0696. The molecule has 2 nitrogen and oxygen atoms in total. The summed E-state index contributed by atoms with van der Waals surface area (Å²) in [6.07, 6.45) is 0. The Labute approximate surface area is 73.6 Å². The van der Waals surface area contributed by atoms with Gasteiger partial charge in [0.15, 0.2) is 0 Å². The number of carbonyl (C=O) groups is 1. The second-order valence-electron chi connectivity index (χ2n) is 2.36. The third-order valence-corrected chi connectivity index (χ3v) is 1.88. The Balaban J connectivity index is 3.36. The van der Waals surface area contributed by atoms with E-state index in [1.54, 1.807) is 0 Å². The predicted molar refractivity (Wildman–Crippen MR) is 43.1 cm³/mol. The number of hydrogen-bond donors (Lipinski definition) is 1. The fourth-order valence-corrected chi connectivity index (χ4v) is 1.10. The molecule has 0 aliphatic rings. The smallest absolute Gasteiger partial charge is 0.337 e. The normalized spacial score (nSPS) is 9.92. The second kappa shape index (κ2) is 3.11. The molecule has 0 bridgehead atoms. The molecule has 4 heteroatoms. The van der Waals surface area contributed by atoms with Crippen molar-refractivity contribution in [3.8, 4) is 0 Å². The molecule has 0 saturated carbocycles. The lowest BCUT2D eigenvalue weighted by atomic mass is 10.1. The van der Waals surface area contributed by atoms with Crippen molar-refractivity contribution in [1.29, 1.82) is 0 Å². The SMILES string of the molecule is Cc1ccc(C(=O)O)c(Cl)c1F. The zero-order chi connectivity index (χ0) is 9.30. The molecule has 1 rings (SSSR count). The molecule has 0 aromatic heterocycles. The van der Waals surface area contributed by atoms with Gasteiger partial charge in [-0.1, -0.05) is 17.7 Å². The predicted octanol–water partition coefficient (Wildman–Crippen LogP) is 2.49. The lowest BCUT2D eigenvalue weighted by Crippen LogP contribution is -1.99. The molecule has 0 aliphatic heterocycles. The van der Waals surface area contributed by atoms with Crippen molar-refractivity contribution in [3.63, 3.8) is 0 Å². The molecule has 0 unspecified atom stereocenters. The minimum absolute atomic E-state index is 0.209. The van der Waals surface area contributed by atoms with Crippen LogP contribution < -0.4 is 0 Å². The van der Waals surface area contributed by atoms with Gasteiger partial charge in [0.25, 0.3) is 0 Å². The van der Waals surface area contributed by atoms with E-state index in [1.807, 2.05) is 0 Å². The number of rotatable bonds is 1. The van der Waals surface area contributed by atoms with Gasteiger partial charge >= 0.3 is 5.97 Å². The summed E-state index contributed by atoms with van der Waals surface area (Å²) in [7, 11) is 0. The maximum Gasteiger partial charge on any atom is 0.337 e. The highest BCUT2D eigenvalue weighted by molar-refractivity contribution is 6.33. The molecule has 0 amide bonds. The third-order valence-electron chi connectivity index (χ3n) is 1.51. The molecule has 0 aliphatic carbocycles. The lowest BCUT2D eigenvalue weighted by Gasteiger charge is -2.01. The largest absolute Gasteiger partial charge is 0.478 e. The number of aryl methyl sites for hydroxylation is 1. The van der Waals surface area contributed by atoms with Crippen LogP contribution >= 0.6 is 11.6 Å². The van der Waals surface area contributed by atoms with E-state index < -0.39 is 11.8 Å². The maximum atomic E-state index is 13.0. The molecule has 0 heterocycles. The van der Waals surface area contributed by atoms with Crippen LogP contribution in [-0.4, -0.2) is 11.1 Å². The van der Waals surface area contributed by atoms with Gasteiger partial charge in [-0.05, 0) is 18.6 Å². The molecule has 12 heavy (non-hydrogen) atoms. The molecule has 1 aromatic carbocycles. The van der Waals surface area contributed by atoms with Crippen LogP contribution in [0.3, 0.4) is 0 Å². The summed E-state index contributed by atoms with van der Waals surface area (Å²) in [5, 5.41) is 8.20. The van der Waals surface area contributed by atoms with E-state index in [0.717, 1.165) is 0 Å². The zero-order valence-corrected chi connectivity index (χ0v) is 7.02. The zero-order valence-electron chi connectivity index (χ0n) is 6.27. The summed E-state index contributed by atoms with van der Waals surface area (Å²) >= 11 is 5.44. The van der Waals surface area contributed by atoms with Crippen LogP contribution in [-0.2, 0) is 0 Å². The van der Waals surface area contributed by atoms with Crippen LogP contribution in [0, 0.1) is 12.7 Å². The Hall–Kier alpha value is -1.09. The average molecular weight is 189 g/mol. The Kier molecular flexibility index (Phi) is 2.33. The van der Waals surface area contributed by atoms with Crippen molar-refractivity contribution in [3.05, 3.63) is 34.1 Å². The minimum atomic E-state index is -1.22. The van der Waals surface area contributed by atoms with Crippen LogP contribution in [0.2, 0.25) is 5.02 Å². The summed E-state index contributed by atoms with van der Waals surface area (Å²) in [6, 6.07) is 2.66. The van der Waals surface area contributed by atoms with Gasteiger partial charge in [-0.25, -0.2) is 9.18 Å². The first kappa shape index (κ1) is 9.00. The Bertz CT molecular complexity index is 336. The molecule has 1 aromatic rings. The van der Waals surface area contributed by atoms with Gasteiger partial charge < -0.3 is 5.11 Å². The van der Waals surface area contributed by atoms with Crippen molar-refractivity contribution in [2.45, 2.75) is 6.92 Å². The van der Waals surface area contributed by atoms with Gasteiger partial charge in [0.05, 0.1) is 10.6 Å². The molecular weight excluding hydrogens is 183 g/mol. The number of carboxylic acid groups (broad SMARTS) is 1. The van der Waals surface area contributed by atoms with E-state index in [2.05, 4.69) is 0 Å². The van der Waals surface area contributed by atoms with Gasteiger partial charge in [-0.15, -0.1) is 0 Å². The molecule has 0 saturated heterocycles. The average Bonchev–Trinajstić information content (AvgIpc) is 2.00. The molecule has 0 atom stereocenters. The molecule has 0 spiro atoms. The first-order valence-corrected chi connectivity index (χ1v) is 3.59. The summed E-state index contributed by atoms with van der Waals surface area (Å²) < 4.78 is 13.0. The van der Waals surface area contributed by atoms with Gasteiger partial charge in [0.1, 0.15) is 5.82 Å². The highest BCUT2D eigenvalue weighted by Crippen LogP contribution is 2.22. The molecule has 0 fully saturated rings. The first-order chi connectivity index (χ1) is 5.54. The van der Waals surface area contributed by atoms with Crippen LogP contribution in [0.25, 0.3) is 0 Å². The highest BCUT2D eigenvalue weighted by Gasteiger charge is 2.13. The molecular formula is C8H6ClFO2. The second-order valence-corrected chi connectivity index (χ2v) is 2.74. The van der Waals surface area contributed by atoms with Crippen molar-refractivity contribution >= 4 is 17.6 Å². The monoisotopic (exact) mass is 188 g/mol. The van der Waals surface area contributed by atoms with Gasteiger partial charge in [0.2, 0.25) is 0 Å². The van der Waals surface area contributed by atoms with Gasteiger partial charge in [-0.2, -0.15) is 0 Å². The molecule has 0 radical (unpaired) electrons. The van der Waals surface area contributed by atoms with Crippen molar-refractivity contribution < 1.29 is 14.3 Å². The van der Waals surface area contributed by atoms with E-state index in [1.165, 1.54) is 19.1 Å². The maximum absolute atomic E-state index is 13.0. The number of aromatic carboxylic acids is 1. The summed E-state index contributed by atoms with van der Waals surface area (Å²) in [5.41, 5.74) is 0.129. The fraction of sp³-hybridized carbons (Fsp3) is 0.125. The Morgan fingerprint density at radius 3 is 2.67 bits per heavy atom. The topological polar surface area (TPSA) is 37.3 Å².